The van der Waals surface area contributed by atoms with Crippen molar-refractivity contribution in [1.82, 2.24) is 0 Å². The molecular weight excluding hydrogens is 505 g/mol. The van der Waals surface area contributed by atoms with Crippen LogP contribution in [0.4, 0.5) is 0 Å². The Hall–Kier alpha value is -2.60. The van der Waals surface area contributed by atoms with Crippen LogP contribution in [0.2, 0.25) is 0 Å². The Kier molecular flexibility index (Phi) is 8.95. The largest absolute Gasteiger partial charge is 0.540 e. The summed E-state index contributed by atoms with van der Waals surface area (Å²) in [6.07, 6.45) is 3.76. The standard InChI is InChI=1S/C24H18N4O2S4/c1-5-7-9-14(29)16-18-19(32-23(31-18)13(11-25)12-26)17(15(30)10-8-6-2)21-20(16)33-24(34-21)22(27-3)28-4/h5-10H2,1-2H3. The second-order valence-electron chi connectivity index (χ2n) is 7.25. The van der Waals surface area contributed by atoms with Crippen LogP contribution in [-0.2, 0) is 0 Å². The third-order valence-electron chi connectivity index (χ3n) is 4.99. The third-order valence-corrected chi connectivity index (χ3v) is 10.2. The number of benzene rings is 1. The molecule has 170 valence electrons. The lowest BCUT2D eigenvalue weighted by Gasteiger charge is -2.16. The van der Waals surface area contributed by atoms with Crippen LogP contribution >= 0.6 is 47.0 Å². The van der Waals surface area contributed by atoms with Crippen molar-refractivity contribution < 1.29 is 9.59 Å². The predicted octanol–water partition coefficient (Wildman–Crippen LogP) is 8.05. The molecule has 0 unspecified atom stereocenters. The summed E-state index contributed by atoms with van der Waals surface area (Å²) in [5.74, 6) is -0.232. The fourth-order valence-electron chi connectivity index (χ4n) is 3.32. The smallest absolute Gasteiger partial charge is 0.294 e. The molecule has 3 rings (SSSR count). The van der Waals surface area contributed by atoms with Crippen LogP contribution in [0.1, 0.15) is 73.1 Å². The third kappa shape index (κ3) is 4.92. The molecule has 2 heterocycles. The van der Waals surface area contributed by atoms with Crippen LogP contribution in [0, 0.1) is 35.8 Å². The van der Waals surface area contributed by atoms with Gasteiger partial charge in [0, 0.05) is 43.6 Å². The number of thioether (sulfide) groups is 4. The average molecular weight is 523 g/mol. The normalized spacial score (nSPS) is 13.2. The highest BCUT2D eigenvalue weighted by Gasteiger charge is 2.40. The van der Waals surface area contributed by atoms with Crippen molar-refractivity contribution in [2.45, 2.75) is 72.0 Å². The molecule has 0 amide bonds. The van der Waals surface area contributed by atoms with Gasteiger partial charge in [-0.25, -0.2) is 0 Å². The van der Waals surface area contributed by atoms with Crippen molar-refractivity contribution in [2.24, 2.45) is 0 Å². The Morgan fingerprint density at radius 2 is 1.15 bits per heavy atom. The van der Waals surface area contributed by atoms with Gasteiger partial charge in [0.25, 0.3) is 0 Å². The van der Waals surface area contributed by atoms with Crippen molar-refractivity contribution >= 4 is 58.6 Å². The summed E-state index contributed by atoms with van der Waals surface area (Å²) in [6.45, 7) is 18.7. The molecule has 2 aliphatic heterocycles. The summed E-state index contributed by atoms with van der Waals surface area (Å²) in [4.78, 5) is 35.9. The van der Waals surface area contributed by atoms with Gasteiger partial charge in [-0.05, 0) is 12.8 Å². The number of ketones is 2. The van der Waals surface area contributed by atoms with E-state index in [0.29, 0.717) is 64.9 Å². The van der Waals surface area contributed by atoms with Gasteiger partial charge in [-0.1, -0.05) is 73.7 Å². The van der Waals surface area contributed by atoms with Gasteiger partial charge in [0.1, 0.15) is 35.1 Å². The number of fused-ring (bicyclic) bond motifs is 2. The molecule has 0 fully saturated rings. The van der Waals surface area contributed by atoms with E-state index in [1.807, 2.05) is 26.0 Å². The first kappa shape index (κ1) is 26.0. The Morgan fingerprint density at radius 3 is 1.47 bits per heavy atom. The van der Waals surface area contributed by atoms with E-state index in [1.165, 1.54) is 47.0 Å². The molecule has 0 spiro atoms. The summed E-state index contributed by atoms with van der Waals surface area (Å²) in [7, 11) is 0. The van der Waals surface area contributed by atoms with Gasteiger partial charge in [-0.2, -0.15) is 20.2 Å². The summed E-state index contributed by atoms with van der Waals surface area (Å²) >= 11 is 4.77. The predicted molar refractivity (Wildman–Crippen MR) is 136 cm³/mol. The van der Waals surface area contributed by atoms with E-state index in [2.05, 4.69) is 9.69 Å². The first-order valence-electron chi connectivity index (χ1n) is 10.5. The first-order chi connectivity index (χ1) is 16.4. The van der Waals surface area contributed by atoms with E-state index in [0.717, 1.165) is 12.8 Å². The molecule has 6 nitrogen and oxygen atoms in total. The van der Waals surface area contributed by atoms with Gasteiger partial charge < -0.3 is 0 Å². The molecule has 2 aliphatic rings. The number of hydrogen-bond acceptors (Lipinski definition) is 8. The van der Waals surface area contributed by atoms with Gasteiger partial charge >= 0.3 is 5.82 Å². The maximum absolute atomic E-state index is 13.4. The lowest BCUT2D eigenvalue weighted by Crippen LogP contribution is -2.09. The van der Waals surface area contributed by atoms with Gasteiger partial charge in [0.15, 0.2) is 11.6 Å². The number of nitriles is 2. The van der Waals surface area contributed by atoms with Crippen LogP contribution in [0.3, 0.4) is 0 Å². The molecule has 0 saturated carbocycles. The molecule has 0 atom stereocenters. The number of carbonyl (C=O) groups is 2. The van der Waals surface area contributed by atoms with Crippen molar-refractivity contribution in [2.75, 3.05) is 0 Å². The second-order valence-corrected chi connectivity index (χ2v) is 11.8. The molecule has 0 aliphatic carbocycles. The van der Waals surface area contributed by atoms with Crippen molar-refractivity contribution in [1.29, 1.82) is 10.5 Å². The number of unbranched alkanes of at least 4 members (excludes halogenated alkanes) is 2. The Bertz CT molecular complexity index is 1140. The lowest BCUT2D eigenvalue weighted by atomic mass is 9.99. The van der Waals surface area contributed by atoms with E-state index in [1.54, 1.807) is 0 Å². The van der Waals surface area contributed by atoms with E-state index in [-0.39, 0.29) is 23.0 Å². The Balaban J connectivity index is 2.34. The van der Waals surface area contributed by atoms with E-state index < -0.39 is 0 Å². The molecule has 0 saturated heterocycles. The van der Waals surface area contributed by atoms with Crippen molar-refractivity contribution in [3.05, 3.63) is 53.8 Å². The molecule has 10 heteroatoms. The lowest BCUT2D eigenvalue weighted by molar-refractivity contribution is 0.0957. The minimum Gasteiger partial charge on any atom is -0.294 e. The van der Waals surface area contributed by atoms with E-state index in [4.69, 9.17) is 13.1 Å². The van der Waals surface area contributed by atoms with Gasteiger partial charge in [0.2, 0.25) is 0 Å². The Morgan fingerprint density at radius 1 is 0.765 bits per heavy atom. The summed E-state index contributed by atoms with van der Waals surface area (Å²) in [6, 6.07) is 3.82. The summed E-state index contributed by atoms with van der Waals surface area (Å²) < 4.78 is 0.935. The van der Waals surface area contributed by atoms with Crippen LogP contribution in [0.5, 0.6) is 0 Å². The maximum Gasteiger partial charge on any atom is 0.540 e. The minimum absolute atomic E-state index is 0.0468. The number of allylic oxidation sites excluding steroid dienone is 1. The van der Waals surface area contributed by atoms with E-state index in [9.17, 15) is 20.1 Å². The zero-order valence-electron chi connectivity index (χ0n) is 18.5. The zero-order chi connectivity index (χ0) is 24.8. The number of Topliss-reactive ketones (excluding diaryl/α,β-unsaturated/α-hetero) is 2. The van der Waals surface area contributed by atoms with Gasteiger partial charge in [-0.3, -0.25) is 9.59 Å². The number of nitrogens with zero attached hydrogens (tertiary/aromatic N) is 4. The molecule has 1 aromatic rings. The monoisotopic (exact) mass is 522 g/mol. The molecule has 1 aromatic carbocycles. The molecule has 0 bridgehead atoms. The molecule has 0 N–H and O–H groups in total. The second kappa shape index (κ2) is 11.7. The van der Waals surface area contributed by atoms with Crippen LogP contribution < -0.4 is 0 Å². The van der Waals surface area contributed by atoms with Crippen molar-refractivity contribution in [3.63, 3.8) is 0 Å². The van der Waals surface area contributed by atoms with Crippen molar-refractivity contribution in [3.8, 4) is 12.1 Å². The van der Waals surface area contributed by atoms with Gasteiger partial charge in [0.05, 0.1) is 4.24 Å². The number of hydrogen-bond donors (Lipinski definition) is 0. The quantitative estimate of drug-likeness (QED) is 0.192. The highest BCUT2D eigenvalue weighted by Crippen LogP contribution is 2.64. The SMILES string of the molecule is [C-]#[N+]C([N+]#[C-])=C1Sc2c(c(C(=O)CCCC)c3c(c2C(=O)CCCC)SC(=C(C#N)C#N)S3)S1. The van der Waals surface area contributed by atoms with E-state index >= 15 is 0 Å². The fraction of sp³-hybridized carbons (Fsp3) is 0.333. The van der Waals surface area contributed by atoms with Crippen LogP contribution in [0.15, 0.2) is 39.5 Å². The Labute approximate surface area is 215 Å². The zero-order valence-corrected chi connectivity index (χ0v) is 21.7. The molecule has 0 aromatic heterocycles. The minimum atomic E-state index is -0.0811. The summed E-state index contributed by atoms with van der Waals surface area (Å²) in [5, 5.41) is 18.8. The average Bonchev–Trinajstić information content (AvgIpc) is 3.45. The highest BCUT2D eigenvalue weighted by atomic mass is 32.2. The van der Waals surface area contributed by atoms with Crippen LogP contribution in [0.25, 0.3) is 9.69 Å². The number of rotatable bonds is 8. The highest BCUT2D eigenvalue weighted by molar-refractivity contribution is 8.25. The topological polar surface area (TPSA) is 90.4 Å². The molecular formula is C24H18N4O2S4. The van der Waals surface area contributed by atoms with Crippen LogP contribution in [-0.4, -0.2) is 11.6 Å². The molecule has 0 radical (unpaired) electrons. The molecule has 34 heavy (non-hydrogen) atoms. The van der Waals surface area contributed by atoms with Gasteiger partial charge in [-0.15, -0.1) is 0 Å². The first-order valence-corrected chi connectivity index (χ1v) is 13.8. The maximum atomic E-state index is 13.4. The summed E-state index contributed by atoms with van der Waals surface area (Å²) in [5.41, 5.74) is 0.888. The fourth-order valence-corrected chi connectivity index (χ4v) is 8.83. The number of carbonyl (C=O) groups excluding carboxylic acids is 2.